The minimum absolute atomic E-state index is 0.0534. The molecule has 2 rings (SSSR count). The van der Waals surface area contributed by atoms with Gasteiger partial charge in [0.05, 0.1) is 6.61 Å². The quantitative estimate of drug-likeness (QED) is 0.797. The number of carbonyl (C=O) groups excluding carboxylic acids is 2. The molecule has 2 N–H and O–H groups in total. The molecule has 0 atom stereocenters. The molecule has 102 valence electrons. The molecular formula is C14H18N2O3. The minimum atomic E-state index is -0.418. The Morgan fingerprint density at radius 2 is 2.32 bits per heavy atom. The Morgan fingerprint density at radius 3 is 3.11 bits per heavy atom. The molecule has 0 spiro atoms. The summed E-state index contributed by atoms with van der Waals surface area (Å²) in [6.45, 7) is 3.43. The van der Waals surface area contributed by atoms with E-state index in [1.165, 1.54) is 0 Å². The van der Waals surface area contributed by atoms with Crippen LogP contribution >= 0.6 is 0 Å². The largest absolute Gasteiger partial charge is 0.450 e. The van der Waals surface area contributed by atoms with E-state index >= 15 is 0 Å². The summed E-state index contributed by atoms with van der Waals surface area (Å²) in [7, 11) is 0. The Hall–Kier alpha value is -2.04. The zero-order chi connectivity index (χ0) is 13.7. The van der Waals surface area contributed by atoms with Crippen LogP contribution in [0.4, 0.5) is 4.79 Å². The van der Waals surface area contributed by atoms with Crippen molar-refractivity contribution < 1.29 is 14.3 Å². The van der Waals surface area contributed by atoms with Crippen LogP contribution in [0.1, 0.15) is 41.3 Å². The van der Waals surface area contributed by atoms with E-state index in [0.29, 0.717) is 25.3 Å². The van der Waals surface area contributed by atoms with Crippen molar-refractivity contribution in [3.8, 4) is 0 Å². The monoisotopic (exact) mass is 262 g/mol. The topological polar surface area (TPSA) is 67.4 Å². The van der Waals surface area contributed by atoms with Crippen molar-refractivity contribution in [2.45, 2.75) is 32.9 Å². The van der Waals surface area contributed by atoms with E-state index in [1.807, 2.05) is 25.1 Å². The first kappa shape index (κ1) is 13.4. The van der Waals surface area contributed by atoms with Crippen LogP contribution in [0.3, 0.4) is 0 Å². The van der Waals surface area contributed by atoms with Crippen LogP contribution in [-0.2, 0) is 17.8 Å². The van der Waals surface area contributed by atoms with Gasteiger partial charge in [-0.3, -0.25) is 4.79 Å². The molecule has 0 aliphatic carbocycles. The first-order chi connectivity index (χ1) is 9.20. The number of carbonyl (C=O) groups is 2. The van der Waals surface area contributed by atoms with Gasteiger partial charge in [-0.15, -0.1) is 0 Å². The van der Waals surface area contributed by atoms with Gasteiger partial charge >= 0.3 is 6.09 Å². The Kier molecular flexibility index (Phi) is 4.39. The van der Waals surface area contributed by atoms with Crippen LogP contribution in [0, 0.1) is 0 Å². The number of nitrogens with one attached hydrogen (secondary N) is 2. The van der Waals surface area contributed by atoms with E-state index < -0.39 is 6.09 Å². The maximum atomic E-state index is 11.5. The molecule has 0 saturated carbocycles. The second-order valence-corrected chi connectivity index (χ2v) is 4.52. The second-order valence-electron chi connectivity index (χ2n) is 4.52. The number of alkyl carbamates (subject to hydrolysis) is 1. The Bertz CT molecular complexity index is 486. The van der Waals surface area contributed by atoms with Crippen LogP contribution in [-0.4, -0.2) is 18.6 Å². The molecule has 5 nitrogen and oxygen atoms in total. The molecule has 2 amide bonds. The number of hydrogen-bond acceptors (Lipinski definition) is 3. The molecule has 5 heteroatoms. The third kappa shape index (κ3) is 3.47. The van der Waals surface area contributed by atoms with Crippen LogP contribution in [0.5, 0.6) is 0 Å². The Labute approximate surface area is 112 Å². The van der Waals surface area contributed by atoms with Crippen LogP contribution in [0.2, 0.25) is 0 Å². The molecular weight excluding hydrogens is 244 g/mol. The summed E-state index contributed by atoms with van der Waals surface area (Å²) in [5, 5.41) is 5.43. The average Bonchev–Trinajstić information content (AvgIpc) is 2.78. The van der Waals surface area contributed by atoms with Crippen molar-refractivity contribution in [1.82, 2.24) is 10.6 Å². The molecule has 1 aromatic rings. The predicted molar refractivity (Wildman–Crippen MR) is 70.7 cm³/mol. The molecule has 1 aromatic carbocycles. The summed E-state index contributed by atoms with van der Waals surface area (Å²) in [6, 6.07) is 5.63. The summed E-state index contributed by atoms with van der Waals surface area (Å²) in [5.74, 6) is -0.0534. The molecule has 0 unspecified atom stereocenters. The highest BCUT2D eigenvalue weighted by molar-refractivity contribution is 5.98. The van der Waals surface area contributed by atoms with Gasteiger partial charge in [0.25, 0.3) is 5.91 Å². The Balaban J connectivity index is 1.85. The zero-order valence-electron chi connectivity index (χ0n) is 11.0. The highest BCUT2D eigenvalue weighted by Crippen LogP contribution is 2.17. The molecule has 0 radical (unpaired) electrons. The van der Waals surface area contributed by atoms with Crippen LogP contribution in [0.25, 0.3) is 0 Å². The number of benzene rings is 1. The van der Waals surface area contributed by atoms with Gasteiger partial charge in [-0.25, -0.2) is 4.79 Å². The second kappa shape index (κ2) is 6.22. The highest BCUT2D eigenvalue weighted by atomic mass is 16.5. The van der Waals surface area contributed by atoms with Crippen molar-refractivity contribution in [3.63, 3.8) is 0 Å². The average molecular weight is 262 g/mol. The van der Waals surface area contributed by atoms with E-state index in [-0.39, 0.29) is 5.91 Å². The summed E-state index contributed by atoms with van der Waals surface area (Å²) in [5.41, 5.74) is 2.58. The van der Waals surface area contributed by atoms with Gasteiger partial charge < -0.3 is 15.4 Å². The van der Waals surface area contributed by atoms with E-state index in [0.717, 1.165) is 24.0 Å². The number of ether oxygens (including phenoxy) is 1. The van der Waals surface area contributed by atoms with E-state index in [9.17, 15) is 9.59 Å². The third-order valence-electron chi connectivity index (χ3n) is 3.03. The molecule has 1 aliphatic heterocycles. The smallest absolute Gasteiger partial charge is 0.407 e. The Morgan fingerprint density at radius 1 is 1.47 bits per heavy atom. The lowest BCUT2D eigenvalue weighted by Gasteiger charge is -2.07. The maximum Gasteiger partial charge on any atom is 0.407 e. The van der Waals surface area contributed by atoms with Gasteiger partial charge in [-0.05, 0) is 23.6 Å². The lowest BCUT2D eigenvalue weighted by Crippen LogP contribution is -2.24. The molecule has 0 aromatic heterocycles. The van der Waals surface area contributed by atoms with Crippen molar-refractivity contribution in [1.29, 1.82) is 0 Å². The van der Waals surface area contributed by atoms with Crippen LogP contribution < -0.4 is 10.6 Å². The number of hydrogen-bond donors (Lipinski definition) is 2. The van der Waals surface area contributed by atoms with E-state index in [2.05, 4.69) is 10.6 Å². The van der Waals surface area contributed by atoms with E-state index in [1.54, 1.807) is 0 Å². The standard InChI is InChI=1S/C14H18N2O3/c1-2-3-6-19-14(18)16-8-10-4-5-11-9-15-13(17)12(11)7-10/h4-5,7H,2-3,6,8-9H2,1H3,(H,15,17)(H,16,18). The normalized spacial score (nSPS) is 12.8. The molecule has 19 heavy (non-hydrogen) atoms. The summed E-state index contributed by atoms with van der Waals surface area (Å²) in [4.78, 5) is 22.9. The van der Waals surface area contributed by atoms with Gasteiger partial charge in [0.1, 0.15) is 0 Å². The zero-order valence-corrected chi connectivity index (χ0v) is 11.0. The molecule has 0 bridgehead atoms. The third-order valence-corrected chi connectivity index (χ3v) is 3.03. The predicted octanol–water partition coefficient (Wildman–Crippen LogP) is 1.96. The molecule has 0 saturated heterocycles. The fourth-order valence-corrected chi connectivity index (χ4v) is 1.90. The SMILES string of the molecule is CCCCOC(=O)NCc1ccc2c(c1)C(=O)NC2. The first-order valence-corrected chi connectivity index (χ1v) is 6.51. The van der Waals surface area contributed by atoms with Gasteiger partial charge in [-0.1, -0.05) is 25.5 Å². The summed E-state index contributed by atoms with van der Waals surface area (Å²) in [6.07, 6.45) is 1.44. The van der Waals surface area contributed by atoms with Crippen molar-refractivity contribution in [3.05, 3.63) is 34.9 Å². The lowest BCUT2D eigenvalue weighted by molar-refractivity contribution is 0.0965. The van der Waals surface area contributed by atoms with Crippen molar-refractivity contribution in [2.75, 3.05) is 6.61 Å². The number of fused-ring (bicyclic) bond motifs is 1. The van der Waals surface area contributed by atoms with E-state index in [4.69, 9.17) is 4.74 Å². The lowest BCUT2D eigenvalue weighted by atomic mass is 10.1. The van der Waals surface area contributed by atoms with Gasteiger partial charge in [-0.2, -0.15) is 0 Å². The maximum absolute atomic E-state index is 11.5. The van der Waals surface area contributed by atoms with Crippen molar-refractivity contribution in [2.24, 2.45) is 0 Å². The number of unbranched alkanes of at least 4 members (excludes halogenated alkanes) is 1. The minimum Gasteiger partial charge on any atom is -0.450 e. The number of amides is 2. The van der Waals surface area contributed by atoms with Crippen LogP contribution in [0.15, 0.2) is 18.2 Å². The summed E-state index contributed by atoms with van der Waals surface area (Å²) < 4.78 is 4.99. The van der Waals surface area contributed by atoms with Gasteiger partial charge in [0, 0.05) is 18.7 Å². The highest BCUT2D eigenvalue weighted by Gasteiger charge is 2.18. The fraction of sp³-hybridized carbons (Fsp3) is 0.429. The molecule has 1 aliphatic rings. The first-order valence-electron chi connectivity index (χ1n) is 6.51. The summed E-state index contributed by atoms with van der Waals surface area (Å²) >= 11 is 0. The van der Waals surface area contributed by atoms with Gasteiger partial charge in [0.15, 0.2) is 0 Å². The molecule has 0 fully saturated rings. The molecule has 1 heterocycles. The fourth-order valence-electron chi connectivity index (χ4n) is 1.90. The van der Waals surface area contributed by atoms with Gasteiger partial charge in [0.2, 0.25) is 0 Å². The van der Waals surface area contributed by atoms with Crippen molar-refractivity contribution >= 4 is 12.0 Å². The number of rotatable bonds is 5.